The molecular formula is C17H20Cl2N2O2. The number of benzene rings is 2. The summed E-state index contributed by atoms with van der Waals surface area (Å²) in [5.41, 5.74) is 0. The van der Waals surface area contributed by atoms with E-state index in [4.69, 9.17) is 16.3 Å². The summed E-state index contributed by atoms with van der Waals surface area (Å²) in [5.74, 6) is 0.712. The molecule has 3 rings (SSSR count). The third-order valence-corrected chi connectivity index (χ3v) is 4.33. The summed E-state index contributed by atoms with van der Waals surface area (Å²) in [4.78, 5) is 14.2. The van der Waals surface area contributed by atoms with Gasteiger partial charge in [-0.2, -0.15) is 0 Å². The summed E-state index contributed by atoms with van der Waals surface area (Å²) in [7, 11) is 0. The Hall–Kier alpha value is -1.49. The van der Waals surface area contributed by atoms with E-state index in [9.17, 15) is 4.79 Å². The lowest BCUT2D eigenvalue weighted by Crippen LogP contribution is -2.53. The Kier molecular flexibility index (Phi) is 6.10. The fraction of sp³-hybridized carbons (Fsp3) is 0.353. The first kappa shape index (κ1) is 17.9. The first-order valence-corrected chi connectivity index (χ1v) is 7.85. The third-order valence-electron chi connectivity index (χ3n) is 4.00. The van der Waals surface area contributed by atoms with Gasteiger partial charge in [0.05, 0.1) is 0 Å². The number of amides is 1. The summed E-state index contributed by atoms with van der Waals surface area (Å²) in [5, 5.41) is 5.82. The average Bonchev–Trinajstić information content (AvgIpc) is 2.55. The molecule has 1 fully saturated rings. The number of hydrogen-bond donors (Lipinski definition) is 1. The molecule has 0 aromatic heterocycles. The second-order valence-corrected chi connectivity index (χ2v) is 5.93. The number of hydrogen-bond acceptors (Lipinski definition) is 3. The van der Waals surface area contributed by atoms with Crippen LogP contribution in [0.5, 0.6) is 5.75 Å². The maximum Gasteiger partial charge on any atom is 0.260 e. The Balaban J connectivity index is 0.00000192. The number of carbonyl (C=O) groups is 1. The molecule has 0 radical (unpaired) electrons. The fourth-order valence-electron chi connectivity index (χ4n) is 2.79. The van der Waals surface area contributed by atoms with Crippen molar-refractivity contribution in [2.45, 2.75) is 13.0 Å². The van der Waals surface area contributed by atoms with Gasteiger partial charge in [-0.15, -0.1) is 12.4 Å². The number of piperazine rings is 1. The number of ether oxygens (including phenoxy) is 1. The highest BCUT2D eigenvalue weighted by Gasteiger charge is 2.23. The molecule has 0 bridgehead atoms. The van der Waals surface area contributed by atoms with Crippen LogP contribution in [0.1, 0.15) is 6.92 Å². The van der Waals surface area contributed by atoms with Gasteiger partial charge in [0, 0.05) is 41.5 Å². The molecule has 23 heavy (non-hydrogen) atoms. The first-order chi connectivity index (χ1) is 10.7. The molecule has 1 aliphatic heterocycles. The van der Waals surface area contributed by atoms with Crippen LogP contribution in [0.25, 0.3) is 10.8 Å². The van der Waals surface area contributed by atoms with Crippen molar-refractivity contribution in [3.05, 3.63) is 41.4 Å². The Labute approximate surface area is 147 Å². The molecule has 0 saturated carbocycles. The van der Waals surface area contributed by atoms with Crippen LogP contribution in [0.3, 0.4) is 0 Å². The van der Waals surface area contributed by atoms with E-state index in [-0.39, 0.29) is 31.0 Å². The van der Waals surface area contributed by atoms with Crippen LogP contribution >= 0.6 is 24.0 Å². The van der Waals surface area contributed by atoms with Gasteiger partial charge in [0.25, 0.3) is 5.91 Å². The van der Waals surface area contributed by atoms with E-state index >= 15 is 0 Å². The largest absolute Gasteiger partial charge is 0.483 e. The number of fused-ring (bicyclic) bond motifs is 1. The smallest absolute Gasteiger partial charge is 0.260 e. The van der Waals surface area contributed by atoms with Crippen LogP contribution in [0.2, 0.25) is 5.02 Å². The highest BCUT2D eigenvalue weighted by atomic mass is 35.5. The molecule has 1 N–H and O–H groups in total. The van der Waals surface area contributed by atoms with E-state index in [1.807, 2.05) is 42.2 Å². The topological polar surface area (TPSA) is 41.6 Å². The highest BCUT2D eigenvalue weighted by molar-refractivity contribution is 6.35. The maximum atomic E-state index is 12.3. The normalized spacial score (nSPS) is 17.7. The molecular weight excluding hydrogens is 335 g/mol. The zero-order valence-electron chi connectivity index (χ0n) is 12.9. The lowest BCUT2D eigenvalue weighted by molar-refractivity contribution is -0.136. The van der Waals surface area contributed by atoms with E-state index < -0.39 is 0 Å². The summed E-state index contributed by atoms with van der Waals surface area (Å²) >= 11 is 6.19. The van der Waals surface area contributed by atoms with Crippen molar-refractivity contribution in [1.29, 1.82) is 0 Å². The standard InChI is InChI=1S/C17H19ClN2O2.ClH/c1-12-10-19-8-9-20(12)17(21)11-22-16-7-6-15(18)13-4-2-3-5-14(13)16;/h2-7,12,19H,8-11H2,1H3;1H/t12-;/m1./s1. The number of nitrogens with zero attached hydrogens (tertiary/aromatic N) is 1. The summed E-state index contributed by atoms with van der Waals surface area (Å²) in [6, 6.07) is 11.6. The molecule has 124 valence electrons. The van der Waals surface area contributed by atoms with Gasteiger partial charge in [-0.3, -0.25) is 4.79 Å². The molecule has 2 aromatic carbocycles. The fourth-order valence-corrected chi connectivity index (χ4v) is 3.02. The number of carbonyl (C=O) groups excluding carboxylic acids is 1. The Morgan fingerprint density at radius 1 is 1.30 bits per heavy atom. The van der Waals surface area contributed by atoms with E-state index in [2.05, 4.69) is 5.32 Å². The molecule has 4 nitrogen and oxygen atoms in total. The predicted octanol–water partition coefficient (Wildman–Crippen LogP) is 3.11. The van der Waals surface area contributed by atoms with Crippen LogP contribution in [0, 0.1) is 0 Å². The molecule has 1 aliphatic rings. The minimum atomic E-state index is 0. The second kappa shape index (κ2) is 7.86. The minimum Gasteiger partial charge on any atom is -0.483 e. The van der Waals surface area contributed by atoms with Gasteiger partial charge in [0.2, 0.25) is 0 Å². The minimum absolute atomic E-state index is 0. The highest BCUT2D eigenvalue weighted by Crippen LogP contribution is 2.31. The van der Waals surface area contributed by atoms with Crippen LogP contribution in [-0.2, 0) is 4.79 Å². The van der Waals surface area contributed by atoms with Gasteiger partial charge in [-0.05, 0) is 19.1 Å². The lowest BCUT2D eigenvalue weighted by Gasteiger charge is -2.33. The van der Waals surface area contributed by atoms with Crippen molar-refractivity contribution in [2.24, 2.45) is 0 Å². The molecule has 0 unspecified atom stereocenters. The zero-order valence-corrected chi connectivity index (χ0v) is 14.5. The second-order valence-electron chi connectivity index (χ2n) is 5.52. The van der Waals surface area contributed by atoms with Gasteiger partial charge >= 0.3 is 0 Å². The van der Waals surface area contributed by atoms with Crippen molar-refractivity contribution in [1.82, 2.24) is 10.2 Å². The molecule has 0 spiro atoms. The summed E-state index contributed by atoms with van der Waals surface area (Å²) in [6.07, 6.45) is 0. The molecule has 1 amide bonds. The van der Waals surface area contributed by atoms with Gasteiger partial charge in [-0.25, -0.2) is 0 Å². The third kappa shape index (κ3) is 3.89. The molecule has 6 heteroatoms. The number of nitrogens with one attached hydrogen (secondary N) is 1. The number of rotatable bonds is 3. The summed E-state index contributed by atoms with van der Waals surface area (Å²) < 4.78 is 5.77. The van der Waals surface area contributed by atoms with Gasteiger partial charge < -0.3 is 15.0 Å². The average molecular weight is 355 g/mol. The van der Waals surface area contributed by atoms with Crippen molar-refractivity contribution >= 4 is 40.7 Å². The van der Waals surface area contributed by atoms with E-state index in [0.717, 1.165) is 30.4 Å². The van der Waals surface area contributed by atoms with Gasteiger partial charge in [-0.1, -0.05) is 35.9 Å². The Morgan fingerprint density at radius 3 is 2.78 bits per heavy atom. The maximum absolute atomic E-state index is 12.3. The lowest BCUT2D eigenvalue weighted by atomic mass is 10.1. The van der Waals surface area contributed by atoms with Crippen LogP contribution in [0.15, 0.2) is 36.4 Å². The Bertz CT molecular complexity index is 693. The molecule has 0 aliphatic carbocycles. The van der Waals surface area contributed by atoms with Crippen LogP contribution in [-0.4, -0.2) is 43.1 Å². The van der Waals surface area contributed by atoms with Crippen molar-refractivity contribution in [2.75, 3.05) is 26.2 Å². The predicted molar refractivity (Wildman–Crippen MR) is 95.7 cm³/mol. The molecule has 1 saturated heterocycles. The SMILES string of the molecule is C[C@@H]1CNCCN1C(=O)COc1ccc(Cl)c2ccccc12.Cl. The van der Waals surface area contributed by atoms with E-state index in [0.29, 0.717) is 10.8 Å². The molecule has 1 atom stereocenters. The van der Waals surface area contributed by atoms with Crippen LogP contribution < -0.4 is 10.1 Å². The molecule has 1 heterocycles. The van der Waals surface area contributed by atoms with Gasteiger partial charge in [0.1, 0.15) is 5.75 Å². The van der Waals surface area contributed by atoms with Crippen molar-refractivity contribution < 1.29 is 9.53 Å². The van der Waals surface area contributed by atoms with E-state index in [1.54, 1.807) is 6.07 Å². The summed E-state index contributed by atoms with van der Waals surface area (Å²) in [6.45, 7) is 4.48. The molecule has 2 aromatic rings. The number of halogens is 2. The zero-order chi connectivity index (χ0) is 15.5. The van der Waals surface area contributed by atoms with Gasteiger partial charge in [0.15, 0.2) is 6.61 Å². The van der Waals surface area contributed by atoms with E-state index in [1.165, 1.54) is 0 Å². The first-order valence-electron chi connectivity index (χ1n) is 7.47. The van der Waals surface area contributed by atoms with Crippen molar-refractivity contribution in [3.63, 3.8) is 0 Å². The monoisotopic (exact) mass is 354 g/mol. The van der Waals surface area contributed by atoms with Crippen molar-refractivity contribution in [3.8, 4) is 5.75 Å². The van der Waals surface area contributed by atoms with Crippen LogP contribution in [0.4, 0.5) is 0 Å². The quantitative estimate of drug-likeness (QED) is 0.920. The Morgan fingerprint density at radius 2 is 2.04 bits per heavy atom.